The number of piperazine rings is 1. The fourth-order valence-electron chi connectivity index (χ4n) is 5.91. The highest BCUT2D eigenvalue weighted by molar-refractivity contribution is 5.69. The molecule has 2 atom stereocenters. The Labute approximate surface area is 227 Å². The van der Waals surface area contributed by atoms with Gasteiger partial charge in [-0.15, -0.1) is 0 Å². The standard InChI is InChI=1S/C27H35FN8O3/c1-33-11-3-5-19(33)17-39-26-31-23-16-34(24-21(28)7-2-8-22(24)30)12-4-6-20(23)25(32-26)35-13-14-36(27(37)38)18(15-35)9-10-29/h2,7-8,18-19H,3-6,9,11-17,30H2,1H3,(H,37,38)/t18-,19-/m0/s1. The van der Waals surface area contributed by atoms with Crippen LogP contribution in [0.25, 0.3) is 0 Å². The van der Waals surface area contributed by atoms with Gasteiger partial charge in [-0.3, -0.25) is 0 Å². The van der Waals surface area contributed by atoms with Gasteiger partial charge in [-0.05, 0) is 51.4 Å². The van der Waals surface area contributed by atoms with Crippen LogP contribution in [-0.2, 0) is 13.0 Å². The summed E-state index contributed by atoms with van der Waals surface area (Å²) in [5.41, 5.74) is 8.60. The molecule has 11 nitrogen and oxygen atoms in total. The lowest BCUT2D eigenvalue weighted by atomic mass is 10.1. The fraction of sp³-hybridized carbons (Fsp3) is 0.556. The number of nitriles is 1. The van der Waals surface area contributed by atoms with E-state index in [1.54, 1.807) is 12.1 Å². The maximum atomic E-state index is 14.9. The maximum Gasteiger partial charge on any atom is 0.407 e. The van der Waals surface area contributed by atoms with E-state index in [9.17, 15) is 19.6 Å². The monoisotopic (exact) mass is 538 g/mol. The largest absolute Gasteiger partial charge is 0.465 e. The molecule has 5 rings (SSSR count). The highest BCUT2D eigenvalue weighted by Crippen LogP contribution is 2.34. The Balaban J connectivity index is 1.49. The van der Waals surface area contributed by atoms with E-state index in [1.165, 1.54) is 11.0 Å². The smallest absolute Gasteiger partial charge is 0.407 e. The number of carboxylic acid groups (broad SMARTS) is 1. The molecule has 0 saturated carbocycles. The van der Waals surface area contributed by atoms with E-state index in [0.29, 0.717) is 56.4 Å². The zero-order valence-corrected chi connectivity index (χ0v) is 22.2. The second-order valence-corrected chi connectivity index (χ2v) is 10.5. The van der Waals surface area contributed by atoms with Gasteiger partial charge < -0.3 is 35.2 Å². The number of likely N-dealkylation sites (tertiary alicyclic amines) is 1. The second-order valence-electron chi connectivity index (χ2n) is 10.5. The predicted molar refractivity (Wildman–Crippen MR) is 144 cm³/mol. The van der Waals surface area contributed by atoms with Crippen LogP contribution in [0.15, 0.2) is 18.2 Å². The van der Waals surface area contributed by atoms with E-state index in [4.69, 9.17) is 20.4 Å². The highest BCUT2D eigenvalue weighted by atomic mass is 19.1. The highest BCUT2D eigenvalue weighted by Gasteiger charge is 2.34. The van der Waals surface area contributed by atoms with E-state index in [-0.39, 0.29) is 30.8 Å². The quantitative estimate of drug-likeness (QED) is 0.529. The summed E-state index contributed by atoms with van der Waals surface area (Å²) in [6.45, 7) is 3.46. The van der Waals surface area contributed by atoms with Gasteiger partial charge in [-0.25, -0.2) is 9.18 Å². The van der Waals surface area contributed by atoms with Crippen LogP contribution >= 0.6 is 0 Å². The van der Waals surface area contributed by atoms with Crippen LogP contribution in [0.5, 0.6) is 6.01 Å². The summed E-state index contributed by atoms with van der Waals surface area (Å²) in [5.74, 6) is 0.323. The summed E-state index contributed by atoms with van der Waals surface area (Å²) in [5, 5.41) is 19.0. The molecule has 1 aromatic carbocycles. The summed E-state index contributed by atoms with van der Waals surface area (Å²) in [6, 6.07) is 6.89. The van der Waals surface area contributed by atoms with Gasteiger partial charge in [0, 0.05) is 37.8 Å². The van der Waals surface area contributed by atoms with Crippen LogP contribution in [0, 0.1) is 17.1 Å². The van der Waals surface area contributed by atoms with Crippen molar-refractivity contribution >= 4 is 23.3 Å². The van der Waals surface area contributed by atoms with Crippen molar-refractivity contribution < 1.29 is 19.0 Å². The minimum absolute atomic E-state index is 0.0911. The number of likely N-dealkylation sites (N-methyl/N-ethyl adjacent to an activating group) is 1. The minimum atomic E-state index is -1.03. The van der Waals surface area contributed by atoms with Crippen LogP contribution in [-0.4, -0.2) is 89.4 Å². The number of para-hydroxylation sites is 1. The van der Waals surface area contributed by atoms with Crippen LogP contribution in [0.1, 0.15) is 36.9 Å². The third-order valence-electron chi connectivity index (χ3n) is 8.01. The Hall–Kier alpha value is -3.85. The van der Waals surface area contributed by atoms with Crippen LogP contribution in [0.2, 0.25) is 0 Å². The van der Waals surface area contributed by atoms with E-state index in [2.05, 4.69) is 18.0 Å². The molecule has 39 heavy (non-hydrogen) atoms. The lowest BCUT2D eigenvalue weighted by Gasteiger charge is -2.40. The van der Waals surface area contributed by atoms with Crippen molar-refractivity contribution in [1.82, 2.24) is 19.8 Å². The molecule has 0 bridgehead atoms. The van der Waals surface area contributed by atoms with Gasteiger partial charge in [-0.2, -0.15) is 15.2 Å². The second kappa shape index (κ2) is 11.5. The van der Waals surface area contributed by atoms with Gasteiger partial charge >= 0.3 is 12.1 Å². The summed E-state index contributed by atoms with van der Waals surface area (Å²) < 4.78 is 21.0. The first-order valence-corrected chi connectivity index (χ1v) is 13.5. The van der Waals surface area contributed by atoms with Crippen molar-refractivity contribution in [2.75, 3.05) is 61.9 Å². The van der Waals surface area contributed by atoms with Crippen molar-refractivity contribution in [2.45, 2.75) is 50.7 Å². The molecule has 208 valence electrons. The number of halogens is 1. The van der Waals surface area contributed by atoms with Crippen LogP contribution in [0.3, 0.4) is 0 Å². The average molecular weight is 539 g/mol. The molecule has 1 amide bonds. The first kappa shape index (κ1) is 26.7. The van der Waals surface area contributed by atoms with Crippen molar-refractivity contribution in [3.8, 4) is 12.1 Å². The SMILES string of the molecule is CN1CCC[C@H]1COc1nc2c(c(N3CCN(C(=O)O)[C@@H](CC#N)C3)n1)CCCN(c1c(N)cccc1F)C2. The molecule has 0 spiro atoms. The van der Waals surface area contributed by atoms with E-state index < -0.39 is 12.1 Å². The minimum Gasteiger partial charge on any atom is -0.465 e. The summed E-state index contributed by atoms with van der Waals surface area (Å²) in [4.78, 5) is 29.0. The number of rotatable bonds is 6. The van der Waals surface area contributed by atoms with Crippen molar-refractivity contribution in [2.24, 2.45) is 0 Å². The van der Waals surface area contributed by atoms with Gasteiger partial charge in [-0.1, -0.05) is 6.07 Å². The molecule has 2 fully saturated rings. The molecule has 0 aliphatic carbocycles. The maximum absolute atomic E-state index is 14.9. The molecular formula is C27H35FN8O3. The Kier molecular flexibility index (Phi) is 7.88. The number of benzene rings is 1. The third-order valence-corrected chi connectivity index (χ3v) is 8.01. The zero-order chi connectivity index (χ0) is 27.5. The van der Waals surface area contributed by atoms with E-state index >= 15 is 0 Å². The fourth-order valence-corrected chi connectivity index (χ4v) is 5.91. The van der Waals surface area contributed by atoms with Gasteiger partial charge in [0.2, 0.25) is 0 Å². The molecular weight excluding hydrogens is 503 g/mol. The number of nitrogens with two attached hydrogens (primary N) is 1. The third kappa shape index (κ3) is 5.63. The molecule has 3 aliphatic heterocycles. The number of ether oxygens (including phenoxy) is 1. The topological polar surface area (TPSA) is 135 Å². The van der Waals surface area contributed by atoms with E-state index in [0.717, 1.165) is 37.1 Å². The van der Waals surface area contributed by atoms with Gasteiger partial charge in [0.05, 0.1) is 42.1 Å². The first-order valence-electron chi connectivity index (χ1n) is 13.5. The van der Waals surface area contributed by atoms with Crippen molar-refractivity contribution in [3.63, 3.8) is 0 Å². The molecule has 3 N–H and O–H groups in total. The molecule has 2 aromatic rings. The molecule has 3 aliphatic rings. The molecule has 1 aromatic heterocycles. The number of nitrogens with zero attached hydrogens (tertiary/aromatic N) is 7. The predicted octanol–water partition coefficient (Wildman–Crippen LogP) is 2.71. The Morgan fingerprint density at radius 2 is 2.05 bits per heavy atom. The normalized spacial score (nSPS) is 21.8. The number of hydrogen-bond donors (Lipinski definition) is 2. The van der Waals surface area contributed by atoms with Gasteiger partial charge in [0.15, 0.2) is 0 Å². The number of amides is 1. The Morgan fingerprint density at radius 3 is 2.77 bits per heavy atom. The van der Waals surface area contributed by atoms with Crippen molar-refractivity contribution in [3.05, 3.63) is 35.3 Å². The average Bonchev–Trinajstić information content (AvgIpc) is 3.20. The number of anilines is 3. The zero-order valence-electron chi connectivity index (χ0n) is 22.2. The molecule has 2 saturated heterocycles. The lowest BCUT2D eigenvalue weighted by Crippen LogP contribution is -2.55. The molecule has 0 radical (unpaired) electrons. The first-order chi connectivity index (χ1) is 18.9. The van der Waals surface area contributed by atoms with Gasteiger partial charge in [0.25, 0.3) is 0 Å². The number of fused-ring (bicyclic) bond motifs is 1. The summed E-state index contributed by atoms with van der Waals surface area (Å²) >= 11 is 0. The lowest BCUT2D eigenvalue weighted by molar-refractivity contribution is 0.119. The van der Waals surface area contributed by atoms with E-state index in [1.807, 2.05) is 9.80 Å². The molecule has 4 heterocycles. The van der Waals surface area contributed by atoms with Crippen LogP contribution < -0.4 is 20.3 Å². The molecule has 0 unspecified atom stereocenters. The number of hydrogen-bond acceptors (Lipinski definition) is 9. The number of aromatic nitrogens is 2. The summed E-state index contributed by atoms with van der Waals surface area (Å²) in [6.07, 6.45) is 2.63. The number of carbonyl (C=O) groups is 1. The molecule has 12 heteroatoms. The Morgan fingerprint density at radius 1 is 1.21 bits per heavy atom. The number of nitrogen functional groups attached to an aromatic ring is 1. The summed E-state index contributed by atoms with van der Waals surface area (Å²) in [7, 11) is 2.08. The van der Waals surface area contributed by atoms with Crippen molar-refractivity contribution in [1.29, 1.82) is 5.26 Å². The Bertz CT molecular complexity index is 1230. The van der Waals surface area contributed by atoms with Gasteiger partial charge in [0.1, 0.15) is 18.2 Å². The van der Waals surface area contributed by atoms with Crippen LogP contribution in [0.4, 0.5) is 26.4 Å².